The van der Waals surface area contributed by atoms with Crippen LogP contribution in [0.4, 0.5) is 0 Å². The molecule has 0 aliphatic carbocycles. The van der Waals surface area contributed by atoms with Gasteiger partial charge in [0.15, 0.2) is 0 Å². The van der Waals surface area contributed by atoms with Gasteiger partial charge in [0.25, 0.3) is 0 Å². The standard InChI is InChI=1S/C11H15NO2S/c1-9(13)7-12-11(14)8-15-10-5-3-2-4-6-10/h2-6,9,13H,7-8H2,1H3,(H,12,14)/t9-/m1/s1. The van der Waals surface area contributed by atoms with Gasteiger partial charge in [0.1, 0.15) is 0 Å². The molecule has 3 nitrogen and oxygen atoms in total. The van der Waals surface area contributed by atoms with Crippen LogP contribution >= 0.6 is 11.8 Å². The van der Waals surface area contributed by atoms with E-state index in [4.69, 9.17) is 5.11 Å². The number of aliphatic hydroxyl groups excluding tert-OH is 1. The lowest BCUT2D eigenvalue weighted by Crippen LogP contribution is -2.31. The highest BCUT2D eigenvalue weighted by atomic mass is 32.2. The van der Waals surface area contributed by atoms with Crippen LogP contribution in [-0.2, 0) is 4.79 Å². The summed E-state index contributed by atoms with van der Waals surface area (Å²) in [6, 6.07) is 9.75. The summed E-state index contributed by atoms with van der Waals surface area (Å²) < 4.78 is 0. The summed E-state index contributed by atoms with van der Waals surface area (Å²) in [5, 5.41) is 11.6. The minimum absolute atomic E-state index is 0.0512. The Morgan fingerprint density at radius 2 is 2.13 bits per heavy atom. The van der Waals surface area contributed by atoms with Gasteiger partial charge < -0.3 is 10.4 Å². The number of hydrogen-bond donors (Lipinski definition) is 2. The van der Waals surface area contributed by atoms with Crippen molar-refractivity contribution in [1.29, 1.82) is 0 Å². The molecule has 0 saturated carbocycles. The van der Waals surface area contributed by atoms with Crippen molar-refractivity contribution in [2.75, 3.05) is 12.3 Å². The Labute approximate surface area is 93.9 Å². The number of aliphatic hydroxyl groups is 1. The molecule has 0 aliphatic heterocycles. The first-order valence-corrected chi connectivity index (χ1v) is 5.79. The van der Waals surface area contributed by atoms with E-state index >= 15 is 0 Å². The Bertz CT molecular complexity index is 301. The number of rotatable bonds is 5. The monoisotopic (exact) mass is 225 g/mol. The molecule has 4 heteroatoms. The summed E-state index contributed by atoms with van der Waals surface area (Å²) in [5.74, 6) is 0.334. The molecular formula is C11H15NO2S. The van der Waals surface area contributed by atoms with Crippen molar-refractivity contribution in [2.45, 2.75) is 17.9 Å². The van der Waals surface area contributed by atoms with Crippen molar-refractivity contribution in [3.8, 4) is 0 Å². The fraction of sp³-hybridized carbons (Fsp3) is 0.364. The van der Waals surface area contributed by atoms with E-state index < -0.39 is 6.10 Å². The van der Waals surface area contributed by atoms with Crippen LogP contribution in [0.1, 0.15) is 6.92 Å². The zero-order chi connectivity index (χ0) is 11.1. The summed E-state index contributed by atoms with van der Waals surface area (Å²) in [7, 11) is 0. The van der Waals surface area contributed by atoms with Gasteiger partial charge >= 0.3 is 0 Å². The van der Waals surface area contributed by atoms with E-state index in [1.807, 2.05) is 30.3 Å². The van der Waals surface area contributed by atoms with Crippen LogP contribution in [0.2, 0.25) is 0 Å². The average molecular weight is 225 g/mol. The van der Waals surface area contributed by atoms with E-state index in [2.05, 4.69) is 5.32 Å². The van der Waals surface area contributed by atoms with E-state index in [0.29, 0.717) is 12.3 Å². The van der Waals surface area contributed by atoms with Gasteiger partial charge in [-0.15, -0.1) is 11.8 Å². The normalized spacial score (nSPS) is 12.1. The Kier molecular flexibility index (Phi) is 5.21. The van der Waals surface area contributed by atoms with Crippen LogP contribution in [0.25, 0.3) is 0 Å². The number of amides is 1. The van der Waals surface area contributed by atoms with Gasteiger partial charge in [-0.25, -0.2) is 0 Å². The highest BCUT2D eigenvalue weighted by Gasteiger charge is 2.03. The van der Waals surface area contributed by atoms with Crippen LogP contribution < -0.4 is 5.32 Å². The highest BCUT2D eigenvalue weighted by molar-refractivity contribution is 8.00. The van der Waals surface area contributed by atoms with Crippen molar-refractivity contribution in [3.63, 3.8) is 0 Å². The molecule has 0 aliphatic rings. The summed E-state index contributed by atoms with van der Waals surface area (Å²) in [6.45, 7) is 1.96. The smallest absolute Gasteiger partial charge is 0.230 e. The predicted molar refractivity (Wildman–Crippen MR) is 61.9 cm³/mol. The molecule has 0 aromatic heterocycles. The summed E-state index contributed by atoms with van der Waals surface area (Å²) in [6.07, 6.45) is -0.490. The second kappa shape index (κ2) is 6.48. The van der Waals surface area contributed by atoms with E-state index in [-0.39, 0.29) is 5.91 Å². The Balaban J connectivity index is 2.23. The first kappa shape index (κ1) is 12.1. The lowest BCUT2D eigenvalue weighted by molar-refractivity contribution is -0.118. The third-order valence-corrected chi connectivity index (χ3v) is 2.72. The van der Waals surface area contributed by atoms with Gasteiger partial charge in [-0.05, 0) is 19.1 Å². The Morgan fingerprint density at radius 1 is 1.47 bits per heavy atom. The van der Waals surface area contributed by atoms with E-state index in [9.17, 15) is 4.79 Å². The number of carbonyl (C=O) groups is 1. The van der Waals surface area contributed by atoms with Crippen LogP contribution in [-0.4, -0.2) is 29.4 Å². The Hall–Kier alpha value is -1.00. The molecule has 0 spiro atoms. The topological polar surface area (TPSA) is 49.3 Å². The Morgan fingerprint density at radius 3 is 2.73 bits per heavy atom. The molecule has 1 rings (SSSR count). The second-order valence-corrected chi connectivity index (χ2v) is 4.30. The van der Waals surface area contributed by atoms with E-state index in [0.717, 1.165) is 4.90 Å². The SMILES string of the molecule is C[C@@H](O)CNC(=O)CSc1ccccc1. The van der Waals surface area contributed by atoms with Crippen molar-refractivity contribution in [2.24, 2.45) is 0 Å². The lowest BCUT2D eigenvalue weighted by atomic mass is 10.4. The van der Waals surface area contributed by atoms with E-state index in [1.54, 1.807) is 6.92 Å². The average Bonchev–Trinajstić information content (AvgIpc) is 2.25. The molecule has 1 aromatic carbocycles. The molecule has 0 saturated heterocycles. The van der Waals surface area contributed by atoms with E-state index in [1.165, 1.54) is 11.8 Å². The van der Waals surface area contributed by atoms with Crippen molar-refractivity contribution in [3.05, 3.63) is 30.3 Å². The number of thioether (sulfide) groups is 1. The van der Waals surface area contributed by atoms with Crippen LogP contribution in [0, 0.1) is 0 Å². The lowest BCUT2D eigenvalue weighted by Gasteiger charge is -2.06. The van der Waals surface area contributed by atoms with Gasteiger partial charge in [-0.1, -0.05) is 18.2 Å². The van der Waals surface area contributed by atoms with Crippen molar-refractivity contribution in [1.82, 2.24) is 5.32 Å². The molecule has 0 fully saturated rings. The quantitative estimate of drug-likeness (QED) is 0.742. The third-order valence-electron chi connectivity index (χ3n) is 1.71. The third kappa shape index (κ3) is 5.44. The fourth-order valence-corrected chi connectivity index (χ4v) is 1.73. The van der Waals surface area contributed by atoms with Crippen LogP contribution in [0.5, 0.6) is 0 Å². The number of benzene rings is 1. The van der Waals surface area contributed by atoms with Crippen LogP contribution in [0.3, 0.4) is 0 Å². The summed E-state index contributed by atoms with van der Waals surface area (Å²) in [5.41, 5.74) is 0. The minimum Gasteiger partial charge on any atom is -0.392 e. The molecule has 0 bridgehead atoms. The molecule has 0 unspecified atom stereocenters. The maximum atomic E-state index is 11.3. The fourth-order valence-electron chi connectivity index (χ4n) is 0.978. The molecule has 0 radical (unpaired) electrons. The first-order valence-electron chi connectivity index (χ1n) is 4.81. The predicted octanol–water partition coefficient (Wildman–Crippen LogP) is 1.28. The van der Waals surface area contributed by atoms with Crippen molar-refractivity contribution < 1.29 is 9.90 Å². The summed E-state index contributed by atoms with van der Waals surface area (Å²) in [4.78, 5) is 12.4. The molecule has 1 atom stereocenters. The second-order valence-electron chi connectivity index (χ2n) is 3.25. The largest absolute Gasteiger partial charge is 0.392 e. The maximum absolute atomic E-state index is 11.3. The number of nitrogens with one attached hydrogen (secondary N) is 1. The van der Waals surface area contributed by atoms with Crippen molar-refractivity contribution >= 4 is 17.7 Å². The molecule has 1 aromatic rings. The van der Waals surface area contributed by atoms with Gasteiger partial charge in [-0.2, -0.15) is 0 Å². The zero-order valence-corrected chi connectivity index (χ0v) is 9.46. The van der Waals surface area contributed by atoms with Crippen LogP contribution in [0.15, 0.2) is 35.2 Å². The van der Waals surface area contributed by atoms with Gasteiger partial charge in [0, 0.05) is 11.4 Å². The number of carbonyl (C=O) groups excluding carboxylic acids is 1. The molecular weight excluding hydrogens is 210 g/mol. The number of hydrogen-bond acceptors (Lipinski definition) is 3. The molecule has 2 N–H and O–H groups in total. The minimum atomic E-state index is -0.490. The molecule has 82 valence electrons. The maximum Gasteiger partial charge on any atom is 0.230 e. The van der Waals surface area contributed by atoms with Gasteiger partial charge in [0.2, 0.25) is 5.91 Å². The molecule has 0 heterocycles. The zero-order valence-electron chi connectivity index (χ0n) is 8.64. The first-order chi connectivity index (χ1) is 7.18. The van der Waals surface area contributed by atoms with Gasteiger partial charge in [0.05, 0.1) is 11.9 Å². The summed E-state index contributed by atoms with van der Waals surface area (Å²) >= 11 is 1.49. The van der Waals surface area contributed by atoms with Gasteiger partial charge in [-0.3, -0.25) is 4.79 Å². The molecule has 1 amide bonds. The highest BCUT2D eigenvalue weighted by Crippen LogP contribution is 2.15. The molecule has 15 heavy (non-hydrogen) atoms.